The molecule has 0 aromatic heterocycles. The van der Waals surface area contributed by atoms with Crippen molar-refractivity contribution < 1.29 is 9.50 Å². The van der Waals surface area contributed by atoms with Gasteiger partial charge in [0, 0.05) is 13.0 Å². The predicted molar refractivity (Wildman–Crippen MR) is 95.6 cm³/mol. The highest BCUT2D eigenvalue weighted by Gasteiger charge is 1.91. The lowest BCUT2D eigenvalue weighted by atomic mass is 10.1. The topological polar surface area (TPSA) is 20.2 Å². The fraction of sp³-hybridized carbons (Fsp3) is 0.700. The Hall–Kier alpha value is -0.890. The van der Waals surface area contributed by atoms with Crippen molar-refractivity contribution in [1.29, 1.82) is 0 Å². The van der Waals surface area contributed by atoms with Gasteiger partial charge in [-0.25, -0.2) is 4.39 Å². The number of hydrogen-bond donors (Lipinski definition) is 1. The molecular formula is C20H35FO. The Morgan fingerprint density at radius 1 is 0.773 bits per heavy atom. The van der Waals surface area contributed by atoms with Crippen molar-refractivity contribution in [3.63, 3.8) is 0 Å². The van der Waals surface area contributed by atoms with Crippen LogP contribution in [-0.2, 0) is 0 Å². The van der Waals surface area contributed by atoms with Gasteiger partial charge in [0.1, 0.15) is 0 Å². The molecular weight excluding hydrogens is 275 g/mol. The third kappa shape index (κ3) is 17.2. The molecule has 0 saturated heterocycles. The molecule has 0 aliphatic carbocycles. The van der Waals surface area contributed by atoms with Gasteiger partial charge < -0.3 is 5.11 Å². The first-order valence-corrected chi connectivity index (χ1v) is 9.06. The maximum atomic E-state index is 13.4. The lowest BCUT2D eigenvalue weighted by Gasteiger charge is -1.95. The molecule has 0 radical (unpaired) electrons. The van der Waals surface area contributed by atoms with Crippen molar-refractivity contribution >= 4 is 0 Å². The van der Waals surface area contributed by atoms with Gasteiger partial charge >= 0.3 is 0 Å². The van der Waals surface area contributed by atoms with Crippen LogP contribution in [0.4, 0.5) is 4.39 Å². The van der Waals surface area contributed by atoms with Gasteiger partial charge in [-0.1, -0.05) is 50.1 Å². The quantitative estimate of drug-likeness (QED) is 0.265. The highest BCUT2D eigenvalue weighted by Crippen LogP contribution is 2.09. The Morgan fingerprint density at radius 2 is 1.32 bits per heavy atom. The van der Waals surface area contributed by atoms with E-state index in [1.54, 1.807) is 6.08 Å². The minimum Gasteiger partial charge on any atom is -0.396 e. The molecule has 0 amide bonds. The van der Waals surface area contributed by atoms with E-state index in [2.05, 4.69) is 25.2 Å². The molecule has 22 heavy (non-hydrogen) atoms. The molecule has 128 valence electrons. The average Bonchev–Trinajstić information content (AvgIpc) is 2.52. The van der Waals surface area contributed by atoms with Gasteiger partial charge in [-0.15, -0.1) is 0 Å². The number of allylic oxidation sites excluding steroid dienone is 6. The summed E-state index contributed by atoms with van der Waals surface area (Å²) < 4.78 is 13.4. The van der Waals surface area contributed by atoms with Gasteiger partial charge in [-0.05, 0) is 57.8 Å². The van der Waals surface area contributed by atoms with E-state index in [0.717, 1.165) is 25.7 Å². The summed E-state index contributed by atoms with van der Waals surface area (Å²) in [7, 11) is 0. The predicted octanol–water partition coefficient (Wildman–Crippen LogP) is 6.65. The van der Waals surface area contributed by atoms with E-state index >= 15 is 0 Å². The van der Waals surface area contributed by atoms with Gasteiger partial charge in [0.2, 0.25) is 0 Å². The largest absolute Gasteiger partial charge is 0.396 e. The van der Waals surface area contributed by atoms with E-state index in [-0.39, 0.29) is 12.4 Å². The molecule has 0 spiro atoms. The molecule has 0 aliphatic heterocycles. The second-order valence-corrected chi connectivity index (χ2v) is 5.80. The molecule has 0 unspecified atom stereocenters. The SMILES string of the molecule is CCCCCC=CCCCCC=CCC(F)=CCCCCO. The standard InChI is InChI=1S/C20H35FO/c1-2-3-4-5-6-7-8-9-10-11-12-14-17-20(21)18-15-13-16-19-22/h6-7,12,14,18,22H,2-5,8-11,13,15-17,19H2,1H3. The highest BCUT2D eigenvalue weighted by molar-refractivity contribution is 4.99. The smallest absolute Gasteiger partial charge is 0.0997 e. The monoisotopic (exact) mass is 310 g/mol. The van der Waals surface area contributed by atoms with E-state index in [0.29, 0.717) is 6.42 Å². The first-order chi connectivity index (χ1) is 10.8. The third-order valence-corrected chi connectivity index (χ3v) is 3.59. The number of unbranched alkanes of at least 4 members (excludes halogenated alkanes) is 8. The van der Waals surface area contributed by atoms with Crippen LogP contribution in [0.15, 0.2) is 36.2 Å². The van der Waals surface area contributed by atoms with Crippen molar-refractivity contribution in [2.45, 2.75) is 84.0 Å². The van der Waals surface area contributed by atoms with E-state index in [1.807, 2.05) is 6.08 Å². The fourth-order valence-electron chi connectivity index (χ4n) is 2.18. The lowest BCUT2D eigenvalue weighted by Crippen LogP contribution is -1.81. The Kier molecular flexibility index (Phi) is 17.4. The second kappa shape index (κ2) is 18.2. The molecule has 0 heterocycles. The van der Waals surface area contributed by atoms with Crippen LogP contribution >= 0.6 is 0 Å². The molecule has 0 aromatic rings. The van der Waals surface area contributed by atoms with Gasteiger partial charge in [0.05, 0.1) is 5.83 Å². The van der Waals surface area contributed by atoms with E-state index in [4.69, 9.17) is 5.11 Å². The van der Waals surface area contributed by atoms with Gasteiger partial charge in [0.15, 0.2) is 0 Å². The molecule has 0 aliphatic rings. The number of halogens is 1. The summed E-state index contributed by atoms with van der Waals surface area (Å²) >= 11 is 0. The summed E-state index contributed by atoms with van der Waals surface area (Å²) in [5.41, 5.74) is 0. The van der Waals surface area contributed by atoms with Crippen LogP contribution in [0.1, 0.15) is 84.0 Å². The Bertz CT molecular complexity index is 305. The van der Waals surface area contributed by atoms with Crippen molar-refractivity contribution in [3.05, 3.63) is 36.2 Å². The van der Waals surface area contributed by atoms with Crippen molar-refractivity contribution in [3.8, 4) is 0 Å². The van der Waals surface area contributed by atoms with E-state index < -0.39 is 0 Å². The summed E-state index contributed by atoms with van der Waals surface area (Å²) in [5, 5.41) is 8.63. The average molecular weight is 310 g/mol. The molecule has 1 N–H and O–H groups in total. The number of hydrogen-bond acceptors (Lipinski definition) is 1. The minimum absolute atomic E-state index is 0.0517. The van der Waals surface area contributed by atoms with Crippen LogP contribution in [0.25, 0.3) is 0 Å². The van der Waals surface area contributed by atoms with Gasteiger partial charge in [-0.2, -0.15) is 0 Å². The Labute approximate surface area is 137 Å². The van der Waals surface area contributed by atoms with Crippen LogP contribution in [0.5, 0.6) is 0 Å². The zero-order valence-corrected chi connectivity index (χ0v) is 14.4. The first kappa shape index (κ1) is 21.1. The summed E-state index contributed by atoms with van der Waals surface area (Å²) in [4.78, 5) is 0. The van der Waals surface area contributed by atoms with Gasteiger partial charge in [0.25, 0.3) is 0 Å². The molecule has 0 saturated carbocycles. The summed E-state index contributed by atoms with van der Waals surface area (Å²) in [6, 6.07) is 0. The minimum atomic E-state index is -0.0517. The Balaban J connectivity index is 3.39. The molecule has 0 fully saturated rings. The summed E-state index contributed by atoms with van der Waals surface area (Å²) in [6.45, 7) is 2.43. The van der Waals surface area contributed by atoms with Crippen LogP contribution in [-0.4, -0.2) is 11.7 Å². The third-order valence-electron chi connectivity index (χ3n) is 3.59. The molecule has 0 bridgehead atoms. The number of rotatable bonds is 15. The normalized spacial score (nSPS) is 12.8. The van der Waals surface area contributed by atoms with Crippen LogP contribution in [0, 0.1) is 0 Å². The molecule has 0 aromatic carbocycles. The van der Waals surface area contributed by atoms with Crippen molar-refractivity contribution in [1.82, 2.24) is 0 Å². The molecule has 2 heteroatoms. The van der Waals surface area contributed by atoms with Crippen LogP contribution < -0.4 is 0 Å². The maximum Gasteiger partial charge on any atom is 0.0997 e. The number of aliphatic hydroxyl groups is 1. The molecule has 1 nitrogen and oxygen atoms in total. The summed E-state index contributed by atoms with van der Waals surface area (Å²) in [6.07, 6.45) is 22.8. The second-order valence-electron chi connectivity index (χ2n) is 5.80. The lowest BCUT2D eigenvalue weighted by molar-refractivity contribution is 0.285. The first-order valence-electron chi connectivity index (χ1n) is 9.06. The fourth-order valence-corrected chi connectivity index (χ4v) is 2.18. The number of aliphatic hydroxyl groups excluding tert-OH is 1. The maximum absolute atomic E-state index is 13.4. The summed E-state index contributed by atoms with van der Waals surface area (Å²) in [5.74, 6) is -0.0517. The van der Waals surface area contributed by atoms with Crippen LogP contribution in [0.2, 0.25) is 0 Å². The molecule has 0 rings (SSSR count). The van der Waals surface area contributed by atoms with E-state index in [9.17, 15) is 4.39 Å². The van der Waals surface area contributed by atoms with Crippen LogP contribution in [0.3, 0.4) is 0 Å². The molecule has 0 atom stereocenters. The Morgan fingerprint density at radius 3 is 1.91 bits per heavy atom. The zero-order valence-electron chi connectivity index (χ0n) is 14.4. The van der Waals surface area contributed by atoms with Crippen molar-refractivity contribution in [2.24, 2.45) is 0 Å². The van der Waals surface area contributed by atoms with Crippen molar-refractivity contribution in [2.75, 3.05) is 6.61 Å². The van der Waals surface area contributed by atoms with E-state index in [1.165, 1.54) is 44.9 Å². The van der Waals surface area contributed by atoms with Gasteiger partial charge in [-0.3, -0.25) is 0 Å². The highest BCUT2D eigenvalue weighted by atomic mass is 19.1. The zero-order chi connectivity index (χ0) is 16.3.